The summed E-state index contributed by atoms with van der Waals surface area (Å²) in [6.07, 6.45) is 2.96. The number of hydrogen-bond acceptors (Lipinski definition) is 4. The lowest BCUT2D eigenvalue weighted by atomic mass is 10.2. The van der Waals surface area contributed by atoms with Crippen LogP contribution in [-0.2, 0) is 9.47 Å². The standard InChI is InChI=1S/C13H23NO4/c1-12(2,3)18-11(16)14-10(7-6-8-15)9-17-13(14,4)5/h6-7,10,15H,8-9H2,1-5H3/b7-6-. The molecule has 18 heavy (non-hydrogen) atoms. The highest BCUT2D eigenvalue weighted by atomic mass is 16.6. The number of aliphatic hydroxyl groups excluding tert-OH is 1. The van der Waals surface area contributed by atoms with Gasteiger partial charge in [0.1, 0.15) is 11.3 Å². The summed E-state index contributed by atoms with van der Waals surface area (Å²) in [7, 11) is 0. The number of rotatable bonds is 2. The van der Waals surface area contributed by atoms with Crippen LogP contribution in [0.2, 0.25) is 0 Å². The van der Waals surface area contributed by atoms with Gasteiger partial charge in [-0.3, -0.25) is 4.90 Å². The molecule has 0 radical (unpaired) electrons. The summed E-state index contributed by atoms with van der Waals surface area (Å²) < 4.78 is 11.0. The molecule has 1 saturated heterocycles. The van der Waals surface area contributed by atoms with Crippen LogP contribution in [0.1, 0.15) is 34.6 Å². The molecular weight excluding hydrogens is 234 g/mol. The summed E-state index contributed by atoms with van der Waals surface area (Å²) in [6, 6.07) is -0.206. The summed E-state index contributed by atoms with van der Waals surface area (Å²) in [5.41, 5.74) is -1.24. The van der Waals surface area contributed by atoms with Gasteiger partial charge in [0.2, 0.25) is 0 Å². The third-order valence-electron chi connectivity index (χ3n) is 2.57. The third kappa shape index (κ3) is 3.71. The number of amides is 1. The Morgan fingerprint density at radius 3 is 2.67 bits per heavy atom. The number of carbonyl (C=O) groups excluding carboxylic acids is 1. The number of carbonyl (C=O) groups is 1. The van der Waals surface area contributed by atoms with Crippen molar-refractivity contribution in [2.24, 2.45) is 0 Å². The Kier molecular flexibility index (Phi) is 4.40. The minimum Gasteiger partial charge on any atom is -0.444 e. The molecule has 104 valence electrons. The predicted octanol–water partition coefficient (Wildman–Crippen LogP) is 1.91. The molecule has 1 rings (SSSR count). The van der Waals surface area contributed by atoms with Crippen LogP contribution < -0.4 is 0 Å². The van der Waals surface area contributed by atoms with Gasteiger partial charge in [0.05, 0.1) is 19.3 Å². The van der Waals surface area contributed by atoms with Crippen LogP contribution >= 0.6 is 0 Å². The molecule has 1 aliphatic rings. The first-order valence-corrected chi connectivity index (χ1v) is 6.11. The maximum absolute atomic E-state index is 12.2. The molecule has 0 aromatic heterocycles. The molecular formula is C13H23NO4. The molecule has 0 bridgehead atoms. The lowest BCUT2D eigenvalue weighted by Crippen LogP contribution is -2.49. The topological polar surface area (TPSA) is 59.0 Å². The van der Waals surface area contributed by atoms with Crippen molar-refractivity contribution in [3.8, 4) is 0 Å². The molecule has 1 fully saturated rings. The highest BCUT2D eigenvalue weighted by Gasteiger charge is 2.44. The minimum absolute atomic E-state index is 0.0565. The molecule has 1 atom stereocenters. The fourth-order valence-corrected chi connectivity index (χ4v) is 1.86. The van der Waals surface area contributed by atoms with E-state index < -0.39 is 17.4 Å². The molecule has 5 nitrogen and oxygen atoms in total. The maximum atomic E-state index is 12.2. The minimum atomic E-state index is -0.702. The Balaban J connectivity index is 2.85. The van der Waals surface area contributed by atoms with Crippen molar-refractivity contribution in [2.75, 3.05) is 13.2 Å². The number of ether oxygens (including phenoxy) is 2. The van der Waals surface area contributed by atoms with Crippen molar-refractivity contribution < 1.29 is 19.4 Å². The first-order valence-electron chi connectivity index (χ1n) is 6.11. The zero-order valence-corrected chi connectivity index (χ0v) is 11.8. The van der Waals surface area contributed by atoms with Gasteiger partial charge in [0.15, 0.2) is 0 Å². The predicted molar refractivity (Wildman–Crippen MR) is 68.1 cm³/mol. The first kappa shape index (κ1) is 15.0. The molecule has 1 heterocycles. The molecule has 1 N–H and O–H groups in total. The van der Waals surface area contributed by atoms with Gasteiger partial charge in [-0.2, -0.15) is 0 Å². The Hall–Kier alpha value is -1.07. The normalized spacial score (nSPS) is 23.7. The van der Waals surface area contributed by atoms with Gasteiger partial charge in [-0.05, 0) is 34.6 Å². The van der Waals surface area contributed by atoms with Crippen molar-refractivity contribution in [3.05, 3.63) is 12.2 Å². The summed E-state index contributed by atoms with van der Waals surface area (Å²) >= 11 is 0. The van der Waals surface area contributed by atoms with E-state index in [1.165, 1.54) is 0 Å². The molecule has 0 aromatic carbocycles. The highest BCUT2D eigenvalue weighted by Crippen LogP contribution is 2.29. The van der Waals surface area contributed by atoms with Crippen molar-refractivity contribution in [3.63, 3.8) is 0 Å². The molecule has 5 heteroatoms. The second-order valence-corrected chi connectivity index (χ2v) is 5.79. The van der Waals surface area contributed by atoms with Crippen molar-refractivity contribution in [1.82, 2.24) is 4.90 Å². The van der Waals surface area contributed by atoms with Crippen LogP contribution in [0.4, 0.5) is 4.79 Å². The van der Waals surface area contributed by atoms with E-state index in [2.05, 4.69) is 0 Å². The monoisotopic (exact) mass is 257 g/mol. The van der Waals surface area contributed by atoms with E-state index in [9.17, 15) is 4.79 Å². The van der Waals surface area contributed by atoms with Gasteiger partial charge < -0.3 is 14.6 Å². The van der Waals surface area contributed by atoms with E-state index in [1.807, 2.05) is 34.6 Å². The van der Waals surface area contributed by atoms with Crippen molar-refractivity contribution in [1.29, 1.82) is 0 Å². The summed E-state index contributed by atoms with van der Waals surface area (Å²) in [6.45, 7) is 9.48. The Morgan fingerprint density at radius 1 is 1.56 bits per heavy atom. The van der Waals surface area contributed by atoms with E-state index in [1.54, 1.807) is 17.1 Å². The molecule has 0 aromatic rings. The van der Waals surface area contributed by atoms with Crippen molar-refractivity contribution in [2.45, 2.75) is 52.0 Å². The van der Waals surface area contributed by atoms with E-state index in [4.69, 9.17) is 14.6 Å². The van der Waals surface area contributed by atoms with Crippen LogP contribution in [0.15, 0.2) is 12.2 Å². The Bertz CT molecular complexity index is 330. The Morgan fingerprint density at radius 2 is 2.17 bits per heavy atom. The highest BCUT2D eigenvalue weighted by molar-refractivity contribution is 5.70. The van der Waals surface area contributed by atoms with Gasteiger partial charge in [0, 0.05) is 0 Å². The lowest BCUT2D eigenvalue weighted by molar-refractivity contribution is -0.0610. The van der Waals surface area contributed by atoms with Crippen molar-refractivity contribution >= 4 is 6.09 Å². The van der Waals surface area contributed by atoms with Gasteiger partial charge in [0.25, 0.3) is 0 Å². The van der Waals surface area contributed by atoms with E-state index in [0.717, 1.165) is 0 Å². The molecule has 1 aliphatic heterocycles. The number of nitrogens with zero attached hydrogens (tertiary/aromatic N) is 1. The average molecular weight is 257 g/mol. The largest absolute Gasteiger partial charge is 0.444 e. The van der Waals surface area contributed by atoms with Crippen LogP contribution in [0.3, 0.4) is 0 Å². The smallest absolute Gasteiger partial charge is 0.413 e. The number of hydrogen-bond donors (Lipinski definition) is 1. The van der Waals surface area contributed by atoms with Crippen LogP contribution in [0, 0.1) is 0 Å². The molecule has 0 aliphatic carbocycles. The quantitative estimate of drug-likeness (QED) is 0.768. The SMILES string of the molecule is CC(C)(C)OC(=O)N1C(/C=C\CO)COC1(C)C. The first-order chi connectivity index (χ1) is 8.17. The van der Waals surface area contributed by atoms with E-state index in [-0.39, 0.29) is 12.6 Å². The van der Waals surface area contributed by atoms with Gasteiger partial charge in [-0.25, -0.2) is 4.79 Å². The lowest BCUT2D eigenvalue weighted by Gasteiger charge is -2.34. The molecule has 0 spiro atoms. The van der Waals surface area contributed by atoms with Crippen LogP contribution in [0.5, 0.6) is 0 Å². The third-order valence-corrected chi connectivity index (χ3v) is 2.57. The molecule has 1 unspecified atom stereocenters. The van der Waals surface area contributed by atoms with Gasteiger partial charge in [-0.15, -0.1) is 0 Å². The summed E-state index contributed by atoms with van der Waals surface area (Å²) in [4.78, 5) is 13.7. The fourth-order valence-electron chi connectivity index (χ4n) is 1.86. The summed E-state index contributed by atoms with van der Waals surface area (Å²) in [5, 5.41) is 8.81. The Labute approximate surface area is 108 Å². The van der Waals surface area contributed by atoms with E-state index >= 15 is 0 Å². The van der Waals surface area contributed by atoms with Gasteiger partial charge >= 0.3 is 6.09 Å². The zero-order valence-electron chi connectivity index (χ0n) is 11.8. The second kappa shape index (κ2) is 5.28. The van der Waals surface area contributed by atoms with E-state index in [0.29, 0.717) is 6.61 Å². The van der Waals surface area contributed by atoms with Crippen LogP contribution in [0.25, 0.3) is 0 Å². The fraction of sp³-hybridized carbons (Fsp3) is 0.769. The second-order valence-electron chi connectivity index (χ2n) is 5.79. The van der Waals surface area contributed by atoms with Gasteiger partial charge in [-0.1, -0.05) is 12.2 Å². The average Bonchev–Trinajstić information content (AvgIpc) is 2.48. The van der Waals surface area contributed by atoms with Crippen LogP contribution in [-0.4, -0.2) is 46.7 Å². The number of aliphatic hydroxyl groups is 1. The molecule has 0 saturated carbocycles. The molecule has 1 amide bonds. The zero-order chi connectivity index (χ0) is 14.0. The summed E-state index contributed by atoms with van der Waals surface area (Å²) in [5.74, 6) is 0. The maximum Gasteiger partial charge on any atom is 0.413 e.